The van der Waals surface area contributed by atoms with Gasteiger partial charge in [0.05, 0.1) is 0 Å². The van der Waals surface area contributed by atoms with Crippen LogP contribution < -0.4 is 0 Å². The number of thiophene rings is 1. The van der Waals surface area contributed by atoms with E-state index in [4.69, 9.17) is 5.11 Å². The molecule has 0 aromatic carbocycles. The minimum atomic E-state index is -0.776. The molecule has 0 amide bonds. The smallest absolute Gasteiger partial charge is 0.345 e. The lowest BCUT2D eigenvalue weighted by Crippen LogP contribution is -2.00. The summed E-state index contributed by atoms with van der Waals surface area (Å²) in [5.41, 5.74) is 1.30. The molecular formula is C13H18O2S. The molecule has 2 rings (SSSR count). The van der Waals surface area contributed by atoms with Crippen molar-refractivity contribution in [2.45, 2.75) is 45.4 Å². The number of carboxylic acids is 1. The van der Waals surface area contributed by atoms with Gasteiger partial charge in [0, 0.05) is 4.88 Å². The minimum absolute atomic E-state index is 0.511. The third kappa shape index (κ3) is 2.46. The molecule has 0 aliphatic heterocycles. The van der Waals surface area contributed by atoms with E-state index in [-0.39, 0.29) is 0 Å². The van der Waals surface area contributed by atoms with Gasteiger partial charge in [0.25, 0.3) is 0 Å². The van der Waals surface area contributed by atoms with Crippen LogP contribution in [0.5, 0.6) is 0 Å². The Morgan fingerprint density at radius 2 is 2.31 bits per heavy atom. The second-order valence-corrected chi connectivity index (χ2v) is 5.77. The Morgan fingerprint density at radius 1 is 1.50 bits per heavy atom. The first-order valence-electron chi connectivity index (χ1n) is 6.05. The molecule has 1 unspecified atom stereocenters. The van der Waals surface area contributed by atoms with Crippen LogP contribution in [0.3, 0.4) is 0 Å². The van der Waals surface area contributed by atoms with Gasteiger partial charge in [-0.3, -0.25) is 0 Å². The molecule has 1 aliphatic carbocycles. The van der Waals surface area contributed by atoms with Gasteiger partial charge >= 0.3 is 5.97 Å². The number of carboxylic acid groups (broad SMARTS) is 1. The summed E-state index contributed by atoms with van der Waals surface area (Å²) in [6.07, 6.45) is 7.43. The Bertz CT molecular complexity index is 358. The lowest BCUT2D eigenvalue weighted by Gasteiger charge is -2.07. The Labute approximate surface area is 100 Å². The quantitative estimate of drug-likeness (QED) is 0.793. The fraction of sp³-hybridized carbons (Fsp3) is 0.615. The van der Waals surface area contributed by atoms with Crippen molar-refractivity contribution in [1.82, 2.24) is 0 Å². The van der Waals surface area contributed by atoms with Crippen molar-refractivity contribution < 1.29 is 9.90 Å². The van der Waals surface area contributed by atoms with Gasteiger partial charge in [-0.2, -0.15) is 0 Å². The molecule has 1 aromatic heterocycles. The fourth-order valence-corrected chi connectivity index (χ4v) is 3.60. The van der Waals surface area contributed by atoms with Crippen molar-refractivity contribution in [3.63, 3.8) is 0 Å². The Kier molecular flexibility index (Phi) is 3.64. The second kappa shape index (κ2) is 5.00. The van der Waals surface area contributed by atoms with E-state index in [0.717, 1.165) is 18.8 Å². The minimum Gasteiger partial charge on any atom is -0.477 e. The van der Waals surface area contributed by atoms with Crippen LogP contribution in [0, 0.1) is 5.92 Å². The van der Waals surface area contributed by atoms with Crippen molar-refractivity contribution in [2.75, 3.05) is 0 Å². The molecule has 0 fully saturated rings. The zero-order valence-corrected chi connectivity index (χ0v) is 10.5. The molecule has 1 N–H and O–H groups in total. The number of carbonyl (C=O) groups is 1. The maximum atomic E-state index is 10.8. The van der Waals surface area contributed by atoms with Gasteiger partial charge < -0.3 is 5.11 Å². The maximum Gasteiger partial charge on any atom is 0.345 e. The third-order valence-electron chi connectivity index (χ3n) is 3.31. The molecule has 0 saturated heterocycles. The van der Waals surface area contributed by atoms with Gasteiger partial charge in [-0.1, -0.05) is 26.2 Å². The van der Waals surface area contributed by atoms with Gasteiger partial charge in [0.15, 0.2) is 0 Å². The predicted octanol–water partition coefficient (Wildman–Crippen LogP) is 3.74. The van der Waals surface area contributed by atoms with Crippen LogP contribution in [0.25, 0.3) is 0 Å². The van der Waals surface area contributed by atoms with Gasteiger partial charge in [-0.05, 0) is 36.8 Å². The summed E-state index contributed by atoms with van der Waals surface area (Å²) in [6.45, 7) is 2.23. The van der Waals surface area contributed by atoms with E-state index in [1.807, 2.05) is 6.07 Å². The topological polar surface area (TPSA) is 37.3 Å². The summed E-state index contributed by atoms with van der Waals surface area (Å²) in [5.74, 6) is -0.00224. The number of hydrogen-bond donors (Lipinski definition) is 1. The van der Waals surface area contributed by atoms with Crippen molar-refractivity contribution in [2.24, 2.45) is 5.92 Å². The van der Waals surface area contributed by atoms with Crippen molar-refractivity contribution in [3.05, 3.63) is 21.4 Å². The van der Waals surface area contributed by atoms with Crippen LogP contribution in [0.1, 0.15) is 52.7 Å². The highest BCUT2D eigenvalue weighted by Crippen LogP contribution is 2.36. The van der Waals surface area contributed by atoms with Crippen LogP contribution in [-0.4, -0.2) is 11.1 Å². The van der Waals surface area contributed by atoms with Crippen LogP contribution >= 0.6 is 11.3 Å². The highest BCUT2D eigenvalue weighted by atomic mass is 32.1. The van der Waals surface area contributed by atoms with Gasteiger partial charge in [-0.15, -0.1) is 11.3 Å². The van der Waals surface area contributed by atoms with E-state index in [0.29, 0.717) is 4.88 Å². The lowest BCUT2D eigenvalue weighted by atomic mass is 9.99. The average Bonchev–Trinajstić information content (AvgIpc) is 2.75. The number of unbranched alkanes of at least 4 members (excludes halogenated alkanes) is 2. The highest BCUT2D eigenvalue weighted by molar-refractivity contribution is 7.14. The fourth-order valence-electron chi connectivity index (χ4n) is 2.45. The third-order valence-corrected chi connectivity index (χ3v) is 4.49. The van der Waals surface area contributed by atoms with E-state index in [2.05, 4.69) is 6.92 Å². The highest BCUT2D eigenvalue weighted by Gasteiger charge is 2.25. The SMILES string of the molecule is CCCCCC1Cc2cc(C(=O)O)sc2C1. The summed E-state index contributed by atoms with van der Waals surface area (Å²) in [7, 11) is 0. The van der Waals surface area contributed by atoms with Crippen LogP contribution in [-0.2, 0) is 12.8 Å². The van der Waals surface area contributed by atoms with Gasteiger partial charge in [0.2, 0.25) is 0 Å². The monoisotopic (exact) mass is 238 g/mol. The van der Waals surface area contributed by atoms with Crippen LogP contribution in [0.2, 0.25) is 0 Å². The number of hydrogen-bond acceptors (Lipinski definition) is 2. The first-order chi connectivity index (χ1) is 7.70. The molecule has 1 heterocycles. The molecular weight excluding hydrogens is 220 g/mol. The predicted molar refractivity (Wildman–Crippen MR) is 66.3 cm³/mol. The maximum absolute atomic E-state index is 10.8. The zero-order chi connectivity index (χ0) is 11.5. The summed E-state index contributed by atoms with van der Waals surface area (Å²) in [6, 6.07) is 1.88. The molecule has 1 atom stereocenters. The van der Waals surface area contributed by atoms with E-state index >= 15 is 0 Å². The Balaban J connectivity index is 1.90. The Hall–Kier alpha value is -0.830. The molecule has 0 spiro atoms. The summed E-state index contributed by atoms with van der Waals surface area (Å²) < 4.78 is 0. The van der Waals surface area contributed by atoms with E-state index in [1.54, 1.807) is 0 Å². The van der Waals surface area contributed by atoms with Crippen molar-refractivity contribution in [3.8, 4) is 0 Å². The van der Waals surface area contributed by atoms with Crippen LogP contribution in [0.15, 0.2) is 6.07 Å². The Morgan fingerprint density at radius 3 is 2.94 bits per heavy atom. The standard InChI is InChI=1S/C13H18O2S/c1-2-3-4-5-9-6-10-8-12(13(14)15)16-11(10)7-9/h8-9H,2-7H2,1H3,(H,14,15). The molecule has 0 saturated carbocycles. The largest absolute Gasteiger partial charge is 0.477 e. The summed E-state index contributed by atoms with van der Waals surface area (Å²) in [4.78, 5) is 12.6. The molecule has 88 valence electrons. The second-order valence-electron chi connectivity index (χ2n) is 4.63. The summed E-state index contributed by atoms with van der Waals surface area (Å²) >= 11 is 1.47. The first kappa shape index (κ1) is 11.6. The van der Waals surface area contributed by atoms with Crippen molar-refractivity contribution >= 4 is 17.3 Å². The average molecular weight is 238 g/mol. The number of rotatable bonds is 5. The van der Waals surface area contributed by atoms with Crippen LogP contribution in [0.4, 0.5) is 0 Å². The van der Waals surface area contributed by atoms with E-state index < -0.39 is 5.97 Å². The lowest BCUT2D eigenvalue weighted by molar-refractivity contribution is 0.0702. The van der Waals surface area contributed by atoms with Crippen molar-refractivity contribution in [1.29, 1.82) is 0 Å². The normalized spacial score (nSPS) is 18.7. The first-order valence-corrected chi connectivity index (χ1v) is 6.87. The molecule has 2 nitrogen and oxygen atoms in total. The number of aromatic carboxylic acids is 1. The summed E-state index contributed by atoms with van der Waals surface area (Å²) in [5, 5.41) is 8.89. The molecule has 0 radical (unpaired) electrons. The van der Waals surface area contributed by atoms with Gasteiger partial charge in [-0.25, -0.2) is 4.79 Å². The molecule has 3 heteroatoms. The molecule has 1 aliphatic rings. The molecule has 16 heavy (non-hydrogen) atoms. The number of fused-ring (bicyclic) bond motifs is 1. The zero-order valence-electron chi connectivity index (χ0n) is 9.66. The van der Waals surface area contributed by atoms with Gasteiger partial charge in [0.1, 0.15) is 4.88 Å². The van der Waals surface area contributed by atoms with E-state index in [1.165, 1.54) is 47.5 Å². The van der Waals surface area contributed by atoms with E-state index in [9.17, 15) is 4.79 Å². The molecule has 0 bridgehead atoms. The molecule has 1 aromatic rings.